The lowest BCUT2D eigenvalue weighted by Crippen LogP contribution is -2.44. The molecule has 2 aromatic heterocycles. The van der Waals surface area contributed by atoms with Crippen LogP contribution in [-0.4, -0.2) is 46.3 Å². The van der Waals surface area contributed by atoms with E-state index in [9.17, 15) is 0 Å². The molecular weight excluding hydrogens is 322 g/mol. The Hall–Kier alpha value is -1.50. The second-order valence-electron chi connectivity index (χ2n) is 6.74. The van der Waals surface area contributed by atoms with E-state index in [4.69, 9.17) is 9.47 Å². The Bertz CT molecular complexity index is 668. The van der Waals surface area contributed by atoms with Gasteiger partial charge in [-0.25, -0.2) is 9.97 Å². The highest BCUT2D eigenvalue weighted by Crippen LogP contribution is 2.37. The number of hydrogen-bond donors (Lipinski definition) is 0. The van der Waals surface area contributed by atoms with E-state index in [1.54, 1.807) is 17.5 Å². The maximum absolute atomic E-state index is 6.18. The second kappa shape index (κ2) is 6.78. The van der Waals surface area contributed by atoms with Crippen LogP contribution in [-0.2, 0) is 11.3 Å². The van der Waals surface area contributed by atoms with Crippen LogP contribution in [0.5, 0.6) is 5.88 Å². The Balaban J connectivity index is 1.30. The molecule has 2 saturated heterocycles. The van der Waals surface area contributed by atoms with Gasteiger partial charge in [0.25, 0.3) is 0 Å². The van der Waals surface area contributed by atoms with Gasteiger partial charge in [-0.05, 0) is 25.8 Å². The molecule has 0 amide bonds. The zero-order chi connectivity index (χ0) is 16.4. The zero-order valence-corrected chi connectivity index (χ0v) is 14.8. The highest BCUT2D eigenvalue weighted by molar-refractivity contribution is 7.09. The standard InChI is InChI=1S/C18H23N3O2S/c1-14-16(24-13-20-14)11-21-8-5-18(6-9-21)10-15(12-22-18)23-17-4-2-3-7-19-17/h2-4,7,13,15H,5-6,8-12H2,1H3/t15-/m0/s1. The topological polar surface area (TPSA) is 47.5 Å². The average molecular weight is 345 g/mol. The number of hydrogen-bond acceptors (Lipinski definition) is 6. The van der Waals surface area contributed by atoms with Crippen LogP contribution in [0, 0.1) is 6.92 Å². The van der Waals surface area contributed by atoms with Gasteiger partial charge in [0.15, 0.2) is 0 Å². The molecule has 4 rings (SSSR count). The number of aromatic nitrogens is 2. The molecule has 2 aromatic rings. The SMILES string of the molecule is Cc1ncsc1CN1CCC2(CC1)C[C@H](Oc1ccccn1)CO2. The van der Waals surface area contributed by atoms with Gasteiger partial charge in [-0.2, -0.15) is 0 Å². The molecule has 4 heterocycles. The Morgan fingerprint density at radius 3 is 2.92 bits per heavy atom. The van der Waals surface area contributed by atoms with Gasteiger partial charge in [0.1, 0.15) is 6.10 Å². The molecule has 2 aliphatic heterocycles. The summed E-state index contributed by atoms with van der Waals surface area (Å²) in [7, 11) is 0. The molecule has 2 fully saturated rings. The predicted octanol–water partition coefficient (Wildman–Crippen LogP) is 3.05. The van der Waals surface area contributed by atoms with Crippen molar-refractivity contribution in [1.29, 1.82) is 0 Å². The third-order valence-corrected chi connectivity index (χ3v) is 6.00. The fourth-order valence-corrected chi connectivity index (χ4v) is 4.43. The molecule has 1 spiro atoms. The van der Waals surface area contributed by atoms with Gasteiger partial charge in [-0.15, -0.1) is 11.3 Å². The van der Waals surface area contributed by atoms with Gasteiger partial charge in [-0.1, -0.05) is 6.07 Å². The van der Waals surface area contributed by atoms with Gasteiger partial charge < -0.3 is 9.47 Å². The molecule has 0 aromatic carbocycles. The molecule has 6 heteroatoms. The van der Waals surface area contributed by atoms with Crippen molar-refractivity contribution in [3.8, 4) is 5.88 Å². The molecule has 24 heavy (non-hydrogen) atoms. The van der Waals surface area contributed by atoms with E-state index in [0.29, 0.717) is 12.5 Å². The lowest BCUT2D eigenvalue weighted by molar-refractivity contribution is -0.0453. The minimum atomic E-state index is -0.00130. The highest BCUT2D eigenvalue weighted by Gasteiger charge is 2.43. The monoisotopic (exact) mass is 345 g/mol. The molecule has 1 atom stereocenters. The van der Waals surface area contributed by atoms with E-state index in [0.717, 1.165) is 38.9 Å². The highest BCUT2D eigenvalue weighted by atomic mass is 32.1. The Morgan fingerprint density at radius 2 is 2.21 bits per heavy atom. The summed E-state index contributed by atoms with van der Waals surface area (Å²) < 4.78 is 12.2. The van der Waals surface area contributed by atoms with Crippen molar-refractivity contribution in [3.63, 3.8) is 0 Å². The van der Waals surface area contributed by atoms with Crippen LogP contribution in [0.25, 0.3) is 0 Å². The van der Waals surface area contributed by atoms with Crippen molar-refractivity contribution in [2.45, 2.75) is 44.4 Å². The number of pyridine rings is 1. The van der Waals surface area contributed by atoms with Crippen LogP contribution in [0.4, 0.5) is 0 Å². The predicted molar refractivity (Wildman–Crippen MR) is 93.3 cm³/mol. The molecule has 128 valence electrons. The van der Waals surface area contributed by atoms with E-state index >= 15 is 0 Å². The zero-order valence-electron chi connectivity index (χ0n) is 14.0. The smallest absolute Gasteiger partial charge is 0.213 e. The summed E-state index contributed by atoms with van der Waals surface area (Å²) in [5.74, 6) is 0.696. The van der Waals surface area contributed by atoms with E-state index in [1.165, 1.54) is 10.6 Å². The van der Waals surface area contributed by atoms with Gasteiger partial charge in [0.2, 0.25) is 5.88 Å². The number of rotatable bonds is 4. The maximum atomic E-state index is 6.18. The Morgan fingerprint density at radius 1 is 1.33 bits per heavy atom. The molecule has 0 unspecified atom stereocenters. The van der Waals surface area contributed by atoms with Crippen molar-refractivity contribution in [2.75, 3.05) is 19.7 Å². The van der Waals surface area contributed by atoms with Crippen molar-refractivity contribution < 1.29 is 9.47 Å². The molecule has 2 aliphatic rings. The Labute approximate surface area is 146 Å². The van der Waals surface area contributed by atoms with E-state index in [2.05, 4.69) is 21.8 Å². The molecule has 0 aliphatic carbocycles. The normalized spacial score (nSPS) is 23.6. The van der Waals surface area contributed by atoms with Crippen LogP contribution in [0.3, 0.4) is 0 Å². The first kappa shape index (κ1) is 16.0. The number of likely N-dealkylation sites (tertiary alicyclic amines) is 1. The average Bonchev–Trinajstić information content (AvgIpc) is 3.18. The van der Waals surface area contributed by atoms with Gasteiger partial charge in [-0.3, -0.25) is 4.90 Å². The number of aryl methyl sites for hydroxylation is 1. The summed E-state index contributed by atoms with van der Waals surface area (Å²) in [4.78, 5) is 12.5. The van der Waals surface area contributed by atoms with Crippen molar-refractivity contribution in [1.82, 2.24) is 14.9 Å². The summed E-state index contributed by atoms with van der Waals surface area (Å²) in [5.41, 5.74) is 3.11. The minimum Gasteiger partial charge on any atom is -0.472 e. The first-order valence-electron chi connectivity index (χ1n) is 8.55. The van der Waals surface area contributed by atoms with E-state index in [1.807, 2.05) is 23.7 Å². The molecule has 5 nitrogen and oxygen atoms in total. The van der Waals surface area contributed by atoms with Gasteiger partial charge >= 0.3 is 0 Å². The molecule has 0 bridgehead atoms. The van der Waals surface area contributed by atoms with Crippen molar-refractivity contribution in [2.24, 2.45) is 0 Å². The van der Waals surface area contributed by atoms with Crippen LogP contribution >= 0.6 is 11.3 Å². The molecule has 0 radical (unpaired) electrons. The lowest BCUT2D eigenvalue weighted by atomic mass is 9.88. The second-order valence-corrected chi connectivity index (χ2v) is 7.68. The first-order chi connectivity index (χ1) is 11.7. The fraction of sp³-hybridized carbons (Fsp3) is 0.556. The Kier molecular flexibility index (Phi) is 4.52. The molecule has 0 saturated carbocycles. The summed E-state index contributed by atoms with van der Waals surface area (Å²) in [5, 5.41) is 0. The minimum absolute atomic E-state index is 0.00130. The van der Waals surface area contributed by atoms with Crippen LogP contribution in [0.1, 0.15) is 29.8 Å². The number of ether oxygens (including phenoxy) is 2. The quantitative estimate of drug-likeness (QED) is 0.852. The first-order valence-corrected chi connectivity index (χ1v) is 9.43. The van der Waals surface area contributed by atoms with E-state index < -0.39 is 0 Å². The summed E-state index contributed by atoms with van der Waals surface area (Å²) in [6.45, 7) is 5.93. The number of piperidine rings is 1. The van der Waals surface area contributed by atoms with Crippen LogP contribution in [0.2, 0.25) is 0 Å². The summed E-state index contributed by atoms with van der Waals surface area (Å²) >= 11 is 1.76. The third kappa shape index (κ3) is 3.45. The fourth-order valence-electron chi connectivity index (χ4n) is 3.61. The number of thiazole rings is 1. The van der Waals surface area contributed by atoms with Crippen LogP contribution in [0.15, 0.2) is 29.9 Å². The van der Waals surface area contributed by atoms with Crippen molar-refractivity contribution in [3.05, 3.63) is 40.5 Å². The van der Waals surface area contributed by atoms with Gasteiger partial charge in [0, 0.05) is 43.2 Å². The third-order valence-electron chi connectivity index (χ3n) is 5.08. The molecule has 0 N–H and O–H groups in total. The summed E-state index contributed by atoms with van der Waals surface area (Å²) in [6.07, 6.45) is 5.01. The largest absolute Gasteiger partial charge is 0.472 e. The van der Waals surface area contributed by atoms with Gasteiger partial charge in [0.05, 0.1) is 23.4 Å². The lowest BCUT2D eigenvalue weighted by Gasteiger charge is -2.38. The van der Waals surface area contributed by atoms with Crippen LogP contribution < -0.4 is 4.74 Å². The summed E-state index contributed by atoms with van der Waals surface area (Å²) in [6, 6.07) is 5.76. The van der Waals surface area contributed by atoms with Crippen molar-refractivity contribution >= 4 is 11.3 Å². The number of nitrogens with zero attached hydrogens (tertiary/aromatic N) is 3. The van der Waals surface area contributed by atoms with E-state index in [-0.39, 0.29) is 11.7 Å². The molecular formula is C18H23N3O2S. The maximum Gasteiger partial charge on any atom is 0.213 e.